The summed E-state index contributed by atoms with van der Waals surface area (Å²) >= 11 is 3.38. The largest absolute Gasteiger partial charge is 0.192 e. The van der Waals surface area contributed by atoms with Crippen LogP contribution in [-0.4, -0.2) is 0 Å². The summed E-state index contributed by atoms with van der Waals surface area (Å²) in [5.41, 5.74) is 1.34. The van der Waals surface area contributed by atoms with Gasteiger partial charge in [0.1, 0.15) is 17.7 Å². The molecule has 0 unspecified atom stereocenters. The first-order chi connectivity index (χ1) is 12.8. The first kappa shape index (κ1) is 16.3. The third-order valence-corrected chi connectivity index (χ3v) is 6.52. The monoisotopic (exact) mass is 368 g/mol. The van der Waals surface area contributed by atoms with Crippen LogP contribution < -0.4 is 0 Å². The van der Waals surface area contributed by atoms with E-state index >= 15 is 0 Å². The highest BCUT2D eigenvalue weighted by Crippen LogP contribution is 2.45. The third kappa shape index (κ3) is 2.93. The first-order valence-electron chi connectivity index (χ1n) is 7.99. The molecule has 4 aromatic rings. The van der Waals surface area contributed by atoms with Gasteiger partial charge in [-0.3, -0.25) is 0 Å². The molecule has 0 aliphatic heterocycles. The minimum absolute atomic E-state index is 0.124. The number of nitrogens with zero attached hydrogens (tertiary/aromatic N) is 2. The van der Waals surface area contributed by atoms with Crippen LogP contribution in [0.4, 0.5) is 0 Å². The van der Waals surface area contributed by atoms with Crippen molar-refractivity contribution in [2.45, 2.75) is 0 Å². The normalized spacial score (nSPS) is 10.2. The maximum absolute atomic E-state index is 8.95. The molecule has 2 nitrogen and oxygen atoms in total. The van der Waals surface area contributed by atoms with Gasteiger partial charge in [0.2, 0.25) is 0 Å². The Morgan fingerprint density at radius 2 is 1.38 bits per heavy atom. The fourth-order valence-electron chi connectivity index (χ4n) is 2.86. The molecule has 0 fully saturated rings. The van der Waals surface area contributed by atoms with Gasteiger partial charge in [0.25, 0.3) is 0 Å². The summed E-state index contributed by atoms with van der Waals surface area (Å²) in [5, 5.41) is 20.4. The molecule has 26 heavy (non-hydrogen) atoms. The summed E-state index contributed by atoms with van der Waals surface area (Å²) in [5.74, 6) is 0. The molecule has 0 amide bonds. The number of hydrogen-bond donors (Lipinski definition) is 0. The zero-order chi connectivity index (χ0) is 17.9. The van der Waals surface area contributed by atoms with Crippen LogP contribution in [0, 0.1) is 22.7 Å². The lowest BCUT2D eigenvalue weighted by atomic mass is 10.1. The number of nitriles is 2. The van der Waals surface area contributed by atoms with Crippen molar-refractivity contribution in [2.24, 2.45) is 0 Å². The lowest BCUT2D eigenvalue weighted by Crippen LogP contribution is -1.72. The van der Waals surface area contributed by atoms with Crippen molar-refractivity contribution in [2.75, 3.05) is 0 Å². The van der Waals surface area contributed by atoms with Gasteiger partial charge in [-0.2, -0.15) is 10.5 Å². The summed E-state index contributed by atoms with van der Waals surface area (Å²) in [4.78, 5) is 4.54. The van der Waals surface area contributed by atoms with Crippen molar-refractivity contribution in [3.8, 4) is 32.3 Å². The smallest absolute Gasteiger partial charge is 0.131 e. The number of allylic oxidation sites excluding steroid dienone is 1. The van der Waals surface area contributed by atoms with E-state index in [1.165, 1.54) is 26.1 Å². The molecule has 122 valence electrons. The molecule has 0 aliphatic carbocycles. The fraction of sp³-hybridized carbons (Fsp3) is 0. The second-order valence-electron chi connectivity index (χ2n) is 5.66. The quantitative estimate of drug-likeness (QED) is 0.376. The van der Waals surface area contributed by atoms with Crippen molar-refractivity contribution >= 4 is 39.5 Å². The number of rotatable bonds is 3. The van der Waals surface area contributed by atoms with Crippen LogP contribution in [0.1, 0.15) is 4.88 Å². The first-order valence-corrected chi connectivity index (χ1v) is 9.62. The van der Waals surface area contributed by atoms with Crippen molar-refractivity contribution in [1.29, 1.82) is 10.5 Å². The predicted octanol–water partition coefficient (Wildman–Crippen LogP) is 6.73. The Morgan fingerprint density at radius 1 is 0.731 bits per heavy atom. The van der Waals surface area contributed by atoms with Crippen molar-refractivity contribution in [3.63, 3.8) is 0 Å². The minimum Gasteiger partial charge on any atom is -0.192 e. The second-order valence-corrected chi connectivity index (χ2v) is 7.79. The zero-order valence-corrected chi connectivity index (χ0v) is 15.3. The van der Waals surface area contributed by atoms with Crippen molar-refractivity contribution < 1.29 is 0 Å². The van der Waals surface area contributed by atoms with E-state index in [-0.39, 0.29) is 5.57 Å². The van der Waals surface area contributed by atoms with Crippen LogP contribution in [0.2, 0.25) is 0 Å². The standard InChI is InChI=1S/C22H12N2S2/c23-13-15(14-24)12-17-10-11-20(25-17)22-19-9-5-4-8-18(19)21(26-22)16-6-2-1-3-7-16/h1-12H. The number of hydrogen-bond acceptors (Lipinski definition) is 4. The minimum atomic E-state index is 0.124. The van der Waals surface area contributed by atoms with Crippen LogP contribution >= 0.6 is 22.7 Å². The van der Waals surface area contributed by atoms with Gasteiger partial charge in [-0.25, -0.2) is 0 Å². The second kappa shape index (κ2) is 6.98. The van der Waals surface area contributed by atoms with Crippen LogP contribution in [-0.2, 0) is 0 Å². The van der Waals surface area contributed by atoms with Crippen LogP contribution in [0.5, 0.6) is 0 Å². The molecular formula is C22H12N2S2. The van der Waals surface area contributed by atoms with E-state index in [9.17, 15) is 0 Å². The molecular weight excluding hydrogens is 356 g/mol. The Bertz CT molecular complexity index is 1180. The zero-order valence-electron chi connectivity index (χ0n) is 13.6. The molecule has 0 saturated carbocycles. The average Bonchev–Trinajstić information content (AvgIpc) is 3.31. The molecule has 0 saturated heterocycles. The molecule has 0 atom stereocenters. The van der Waals surface area contributed by atoms with Gasteiger partial charge in [-0.1, -0.05) is 54.6 Å². The van der Waals surface area contributed by atoms with E-state index in [2.05, 4.69) is 54.6 Å². The highest BCUT2D eigenvalue weighted by atomic mass is 32.1. The van der Waals surface area contributed by atoms with E-state index in [0.29, 0.717) is 0 Å². The summed E-state index contributed by atoms with van der Waals surface area (Å²) < 4.78 is 0. The lowest BCUT2D eigenvalue weighted by Gasteiger charge is -1.97. The van der Waals surface area contributed by atoms with Crippen molar-refractivity contribution in [1.82, 2.24) is 0 Å². The van der Waals surface area contributed by atoms with Crippen LogP contribution in [0.25, 0.3) is 37.0 Å². The van der Waals surface area contributed by atoms with Gasteiger partial charge in [0.15, 0.2) is 0 Å². The van der Waals surface area contributed by atoms with E-state index in [0.717, 1.165) is 9.75 Å². The predicted molar refractivity (Wildman–Crippen MR) is 110 cm³/mol. The van der Waals surface area contributed by atoms with Gasteiger partial charge in [0, 0.05) is 25.4 Å². The van der Waals surface area contributed by atoms with Gasteiger partial charge in [-0.15, -0.1) is 22.7 Å². The Kier molecular flexibility index (Phi) is 4.37. The molecule has 2 aromatic heterocycles. The molecule has 0 N–H and O–H groups in total. The maximum atomic E-state index is 8.95. The number of thiophene rings is 2. The molecule has 4 rings (SSSR count). The highest BCUT2D eigenvalue weighted by Gasteiger charge is 2.15. The van der Waals surface area contributed by atoms with Crippen LogP contribution in [0.15, 0.2) is 72.3 Å². The molecule has 2 aromatic carbocycles. The number of fused-ring (bicyclic) bond motifs is 1. The van der Waals surface area contributed by atoms with Crippen LogP contribution in [0.3, 0.4) is 0 Å². The summed E-state index contributed by atoms with van der Waals surface area (Å²) in [6, 6.07) is 26.7. The van der Waals surface area contributed by atoms with E-state index in [4.69, 9.17) is 10.5 Å². The van der Waals surface area contributed by atoms with Gasteiger partial charge >= 0.3 is 0 Å². The molecule has 0 radical (unpaired) electrons. The third-order valence-electron chi connectivity index (χ3n) is 4.03. The van der Waals surface area contributed by atoms with Gasteiger partial charge < -0.3 is 0 Å². The van der Waals surface area contributed by atoms with Gasteiger partial charge in [0.05, 0.1) is 4.88 Å². The Balaban J connectivity index is 1.87. The highest BCUT2D eigenvalue weighted by molar-refractivity contribution is 7.25. The lowest BCUT2D eigenvalue weighted by molar-refractivity contribution is 1.47. The fourth-order valence-corrected chi connectivity index (χ4v) is 5.22. The SMILES string of the molecule is N#CC(C#N)=Cc1ccc(-c2sc(-c3ccccc3)c3ccccc23)s1. The molecule has 4 heteroatoms. The Morgan fingerprint density at radius 3 is 2.08 bits per heavy atom. The summed E-state index contributed by atoms with van der Waals surface area (Å²) in [6.07, 6.45) is 1.64. The molecule has 2 heterocycles. The van der Waals surface area contributed by atoms with Gasteiger partial charge in [-0.05, 0) is 23.8 Å². The average molecular weight is 368 g/mol. The van der Waals surface area contributed by atoms with Crippen molar-refractivity contribution in [3.05, 3.63) is 77.2 Å². The van der Waals surface area contributed by atoms with E-state index < -0.39 is 0 Å². The van der Waals surface area contributed by atoms with E-state index in [1.807, 2.05) is 24.3 Å². The number of benzene rings is 2. The molecule has 0 spiro atoms. The summed E-state index contributed by atoms with van der Waals surface area (Å²) in [6.45, 7) is 0. The Labute approximate surface area is 159 Å². The Hall–Kier alpha value is -3.18. The molecule has 0 bridgehead atoms. The summed E-state index contributed by atoms with van der Waals surface area (Å²) in [7, 11) is 0. The maximum Gasteiger partial charge on any atom is 0.131 e. The van der Waals surface area contributed by atoms with E-state index in [1.54, 1.807) is 28.7 Å². The topological polar surface area (TPSA) is 47.6 Å². The molecule has 0 aliphatic rings.